The number of aliphatic imine (C=N–C) groups is 1. The molecule has 0 aliphatic rings. The van der Waals surface area contributed by atoms with E-state index in [0.29, 0.717) is 6.54 Å². The van der Waals surface area contributed by atoms with Crippen molar-refractivity contribution in [3.05, 3.63) is 23.8 Å². The Labute approximate surface area is 165 Å². The molecule has 1 aromatic rings. The standard InChI is InChI=1S/C21H38N4O2/c1-6-22-21(23-14-10-8-7-9-11-15-25(2)3)24-17-18-12-13-19(26-4)16-20(18)27-5/h12-13,16H,6-11,14-15,17H2,1-5H3,(H2,22,23,24). The molecule has 0 spiro atoms. The number of rotatable bonds is 13. The summed E-state index contributed by atoms with van der Waals surface area (Å²) in [6, 6.07) is 5.82. The van der Waals surface area contributed by atoms with E-state index in [9.17, 15) is 0 Å². The molecule has 0 heterocycles. The molecule has 0 amide bonds. The van der Waals surface area contributed by atoms with Crippen LogP contribution in [0.2, 0.25) is 0 Å². The molecule has 1 aromatic carbocycles. The highest BCUT2D eigenvalue weighted by molar-refractivity contribution is 5.79. The van der Waals surface area contributed by atoms with Crippen LogP contribution in [-0.4, -0.2) is 58.8 Å². The highest BCUT2D eigenvalue weighted by Gasteiger charge is 2.05. The molecule has 0 atom stereocenters. The topological polar surface area (TPSA) is 58.1 Å². The second kappa shape index (κ2) is 14.2. The molecular formula is C21H38N4O2. The second-order valence-corrected chi connectivity index (χ2v) is 6.87. The minimum absolute atomic E-state index is 0.563. The average Bonchev–Trinajstić information content (AvgIpc) is 2.67. The van der Waals surface area contributed by atoms with Crippen molar-refractivity contribution >= 4 is 5.96 Å². The van der Waals surface area contributed by atoms with E-state index in [4.69, 9.17) is 9.47 Å². The Morgan fingerprint density at radius 3 is 2.41 bits per heavy atom. The number of hydrogen-bond acceptors (Lipinski definition) is 4. The third kappa shape index (κ3) is 10.1. The smallest absolute Gasteiger partial charge is 0.191 e. The zero-order valence-electron chi connectivity index (χ0n) is 17.8. The summed E-state index contributed by atoms with van der Waals surface area (Å²) in [5, 5.41) is 6.73. The van der Waals surface area contributed by atoms with E-state index in [2.05, 4.69) is 41.5 Å². The maximum Gasteiger partial charge on any atom is 0.191 e. The quantitative estimate of drug-likeness (QED) is 0.313. The summed E-state index contributed by atoms with van der Waals surface area (Å²) in [6.07, 6.45) is 6.31. The van der Waals surface area contributed by atoms with Gasteiger partial charge in [0, 0.05) is 24.7 Å². The zero-order chi connectivity index (χ0) is 19.9. The Morgan fingerprint density at radius 2 is 1.74 bits per heavy atom. The van der Waals surface area contributed by atoms with Crippen molar-refractivity contribution in [1.82, 2.24) is 15.5 Å². The molecule has 0 unspecified atom stereocenters. The summed E-state index contributed by atoms with van der Waals surface area (Å²) in [4.78, 5) is 6.93. The van der Waals surface area contributed by atoms with Crippen LogP contribution in [0.3, 0.4) is 0 Å². The number of ether oxygens (including phenoxy) is 2. The van der Waals surface area contributed by atoms with Crippen LogP contribution < -0.4 is 20.1 Å². The maximum atomic E-state index is 5.45. The average molecular weight is 379 g/mol. The molecule has 2 N–H and O–H groups in total. The first kappa shape index (κ1) is 23.1. The molecule has 27 heavy (non-hydrogen) atoms. The summed E-state index contributed by atoms with van der Waals surface area (Å²) < 4.78 is 10.7. The second-order valence-electron chi connectivity index (χ2n) is 6.87. The Morgan fingerprint density at radius 1 is 1.00 bits per heavy atom. The molecule has 0 saturated heterocycles. The maximum absolute atomic E-state index is 5.45. The largest absolute Gasteiger partial charge is 0.497 e. The third-order valence-electron chi connectivity index (χ3n) is 4.32. The van der Waals surface area contributed by atoms with Gasteiger partial charge >= 0.3 is 0 Å². The summed E-state index contributed by atoms with van der Waals surface area (Å²) in [5.41, 5.74) is 1.04. The van der Waals surface area contributed by atoms with Crippen LogP contribution in [0.25, 0.3) is 0 Å². The van der Waals surface area contributed by atoms with Gasteiger partial charge in [0.2, 0.25) is 0 Å². The van der Waals surface area contributed by atoms with Crippen molar-refractivity contribution in [3.63, 3.8) is 0 Å². The lowest BCUT2D eigenvalue weighted by molar-refractivity contribution is 0.389. The first-order valence-electron chi connectivity index (χ1n) is 9.98. The van der Waals surface area contributed by atoms with E-state index in [0.717, 1.165) is 42.5 Å². The fourth-order valence-corrected chi connectivity index (χ4v) is 2.78. The van der Waals surface area contributed by atoms with Gasteiger partial charge in [0.05, 0.1) is 20.8 Å². The van der Waals surface area contributed by atoms with Crippen LogP contribution in [0.15, 0.2) is 23.2 Å². The summed E-state index contributed by atoms with van der Waals surface area (Å²) >= 11 is 0. The summed E-state index contributed by atoms with van der Waals surface area (Å²) in [6.45, 7) is 5.61. The molecular weight excluding hydrogens is 340 g/mol. The highest BCUT2D eigenvalue weighted by atomic mass is 16.5. The van der Waals surface area contributed by atoms with Gasteiger partial charge in [0.15, 0.2) is 5.96 Å². The third-order valence-corrected chi connectivity index (χ3v) is 4.32. The number of nitrogens with zero attached hydrogens (tertiary/aromatic N) is 2. The normalized spacial score (nSPS) is 11.6. The van der Waals surface area contributed by atoms with Crippen LogP contribution in [-0.2, 0) is 6.54 Å². The summed E-state index contributed by atoms with van der Waals surface area (Å²) in [7, 11) is 7.59. The van der Waals surface area contributed by atoms with Gasteiger partial charge in [0.1, 0.15) is 11.5 Å². The van der Waals surface area contributed by atoms with E-state index >= 15 is 0 Å². The Hall–Kier alpha value is -1.95. The number of unbranched alkanes of at least 4 members (excludes halogenated alkanes) is 4. The number of nitrogens with one attached hydrogen (secondary N) is 2. The van der Waals surface area contributed by atoms with Crippen molar-refractivity contribution in [1.29, 1.82) is 0 Å². The fraction of sp³-hybridized carbons (Fsp3) is 0.667. The van der Waals surface area contributed by atoms with Crippen molar-refractivity contribution in [2.75, 3.05) is 47.9 Å². The van der Waals surface area contributed by atoms with Crippen molar-refractivity contribution in [2.24, 2.45) is 4.99 Å². The molecule has 0 bridgehead atoms. The molecule has 0 aliphatic carbocycles. The first-order valence-corrected chi connectivity index (χ1v) is 9.98. The van der Waals surface area contributed by atoms with E-state index in [1.165, 1.54) is 32.2 Å². The lowest BCUT2D eigenvalue weighted by Gasteiger charge is -2.13. The number of benzene rings is 1. The van der Waals surface area contributed by atoms with E-state index in [-0.39, 0.29) is 0 Å². The molecule has 6 heteroatoms. The van der Waals surface area contributed by atoms with Crippen LogP contribution in [0, 0.1) is 0 Å². The predicted octanol–water partition coefficient (Wildman–Crippen LogP) is 3.27. The Bertz CT molecular complexity index is 547. The van der Waals surface area contributed by atoms with Gasteiger partial charge in [-0.25, -0.2) is 4.99 Å². The molecule has 154 valence electrons. The van der Waals surface area contributed by atoms with Crippen molar-refractivity contribution in [2.45, 2.75) is 45.6 Å². The van der Waals surface area contributed by atoms with Gasteiger partial charge in [-0.05, 0) is 52.5 Å². The fourth-order valence-electron chi connectivity index (χ4n) is 2.78. The molecule has 0 fully saturated rings. The van der Waals surface area contributed by atoms with Gasteiger partial charge in [-0.1, -0.05) is 19.3 Å². The first-order chi connectivity index (χ1) is 13.1. The van der Waals surface area contributed by atoms with Crippen molar-refractivity contribution in [3.8, 4) is 11.5 Å². The van der Waals surface area contributed by atoms with Crippen LogP contribution >= 0.6 is 0 Å². The Balaban J connectivity index is 2.40. The Kier molecular flexibility index (Phi) is 12.1. The zero-order valence-corrected chi connectivity index (χ0v) is 17.8. The van der Waals surface area contributed by atoms with E-state index in [1.807, 2.05) is 18.2 Å². The molecule has 0 aromatic heterocycles. The van der Waals surface area contributed by atoms with Crippen LogP contribution in [0.1, 0.15) is 44.6 Å². The van der Waals surface area contributed by atoms with Gasteiger partial charge in [0.25, 0.3) is 0 Å². The van der Waals surface area contributed by atoms with E-state index in [1.54, 1.807) is 14.2 Å². The number of methoxy groups -OCH3 is 2. The van der Waals surface area contributed by atoms with Gasteiger partial charge in [-0.3, -0.25) is 0 Å². The summed E-state index contributed by atoms with van der Waals surface area (Å²) in [5.74, 6) is 2.44. The van der Waals surface area contributed by atoms with E-state index < -0.39 is 0 Å². The SMILES string of the molecule is CCNC(=NCc1ccc(OC)cc1OC)NCCCCCCCN(C)C. The number of guanidine groups is 1. The van der Waals surface area contributed by atoms with Crippen LogP contribution in [0.5, 0.6) is 11.5 Å². The number of hydrogen-bond donors (Lipinski definition) is 2. The van der Waals surface area contributed by atoms with Gasteiger partial charge in [-0.2, -0.15) is 0 Å². The lowest BCUT2D eigenvalue weighted by atomic mass is 10.1. The molecule has 0 aliphatic heterocycles. The van der Waals surface area contributed by atoms with Gasteiger partial charge in [-0.15, -0.1) is 0 Å². The van der Waals surface area contributed by atoms with Crippen molar-refractivity contribution < 1.29 is 9.47 Å². The lowest BCUT2D eigenvalue weighted by Crippen LogP contribution is -2.37. The molecule has 6 nitrogen and oxygen atoms in total. The predicted molar refractivity (Wildman–Crippen MR) is 114 cm³/mol. The minimum atomic E-state index is 0.563. The van der Waals surface area contributed by atoms with Crippen LogP contribution in [0.4, 0.5) is 0 Å². The molecule has 1 rings (SSSR count). The minimum Gasteiger partial charge on any atom is -0.497 e. The molecule has 0 radical (unpaired) electrons. The highest BCUT2D eigenvalue weighted by Crippen LogP contribution is 2.25. The van der Waals surface area contributed by atoms with Gasteiger partial charge < -0.3 is 25.0 Å². The monoisotopic (exact) mass is 378 g/mol. The molecule has 0 saturated carbocycles.